The molecule has 0 aliphatic carbocycles. The van der Waals surface area contributed by atoms with E-state index in [2.05, 4.69) is 259 Å². The van der Waals surface area contributed by atoms with Crippen molar-refractivity contribution in [1.82, 2.24) is 37.4 Å². The molecule has 65 heavy (non-hydrogen) atoms. The van der Waals surface area contributed by atoms with Crippen molar-refractivity contribution in [1.29, 1.82) is 0 Å². The fourth-order valence-corrected chi connectivity index (χ4v) is 15.7. The summed E-state index contributed by atoms with van der Waals surface area (Å²) in [5.74, 6) is 0. The third-order valence-electron chi connectivity index (χ3n) is 10.0. The minimum absolute atomic E-state index is 0. The van der Waals surface area contributed by atoms with Crippen LogP contribution in [0.25, 0.3) is 0 Å². The molecule has 0 heterocycles. The zero-order chi connectivity index (χ0) is 52.2. The SMILES string of the molecule is CC(C)N(C(C)C)P([O-])N(C(C)C)C(C)C.CC(C)N(C(C)C)P([O-])N(C(C)C)C(C)C.CC(C)N(C(C)C)P([O-])N(C(C)C)C(C)C.CC(C)N(C(C)C)P([O-])N(C(C)C)C(C)C.[Pb+4]. The largest absolute Gasteiger partial charge is 4.00 e. The number of rotatable bonds is 24. The van der Waals surface area contributed by atoms with E-state index >= 15 is 0 Å². The molecule has 0 aliphatic rings. The molecule has 12 nitrogen and oxygen atoms in total. The van der Waals surface area contributed by atoms with Crippen LogP contribution in [0.15, 0.2) is 0 Å². The zero-order valence-corrected chi connectivity index (χ0v) is 56.2. The maximum absolute atomic E-state index is 12.6. The van der Waals surface area contributed by atoms with Crippen molar-refractivity contribution >= 4 is 61.1 Å². The van der Waals surface area contributed by atoms with Crippen molar-refractivity contribution in [3.8, 4) is 0 Å². The summed E-state index contributed by atoms with van der Waals surface area (Å²) >= 11 is 0. The van der Waals surface area contributed by atoms with Crippen LogP contribution in [0.4, 0.5) is 0 Å². The fraction of sp³-hybridized carbons (Fsp3) is 1.00. The third-order valence-corrected chi connectivity index (χ3v) is 20.6. The molecule has 0 saturated carbocycles. The van der Waals surface area contributed by atoms with Gasteiger partial charge < -0.3 is 19.6 Å². The first-order valence-corrected chi connectivity index (χ1v) is 29.6. The van der Waals surface area contributed by atoms with Crippen LogP contribution in [0, 0.1) is 0 Å². The van der Waals surface area contributed by atoms with Gasteiger partial charge in [0.15, 0.2) is 0 Å². The molecule has 17 heteroatoms. The molecule has 0 aromatic carbocycles. The molecule has 0 atom stereocenters. The normalized spacial score (nSPS) is 13.3. The van der Waals surface area contributed by atoms with Gasteiger partial charge in [0.05, 0.1) is 0 Å². The van der Waals surface area contributed by atoms with Crippen LogP contribution in [-0.4, -0.2) is 161 Å². The van der Waals surface area contributed by atoms with Gasteiger partial charge in [0.1, 0.15) is 0 Å². The summed E-state index contributed by atoms with van der Waals surface area (Å²) in [4.78, 5) is 50.4. The summed E-state index contributed by atoms with van der Waals surface area (Å²) in [6, 6.07) is 4.94. The van der Waals surface area contributed by atoms with Gasteiger partial charge in [-0.3, -0.25) is 37.4 Å². The summed E-state index contributed by atoms with van der Waals surface area (Å²) < 4.78 is 16.7. The monoisotopic (exact) mass is 1200 g/mol. The van der Waals surface area contributed by atoms with E-state index in [-0.39, 0.29) is 27.3 Å². The standard InChI is InChI=1S/4C12H28N2OP.Pb/c4*1-9(2)13(10(3)4)16(15)14(11(5)6)12(7)8;/h4*9-12H,1-8H3;/q4*-1;+4. The first kappa shape index (κ1) is 76.1. The first-order chi connectivity index (χ1) is 28.8. The van der Waals surface area contributed by atoms with Gasteiger partial charge in [-0.25, -0.2) is 0 Å². The summed E-state index contributed by atoms with van der Waals surface area (Å²) in [5, 5.41) is 0. The van der Waals surface area contributed by atoms with E-state index < -0.39 is 33.8 Å². The van der Waals surface area contributed by atoms with Gasteiger partial charge in [0.2, 0.25) is 0 Å². The van der Waals surface area contributed by atoms with Gasteiger partial charge in [-0.1, -0.05) is 33.8 Å². The van der Waals surface area contributed by atoms with Crippen LogP contribution in [0.3, 0.4) is 0 Å². The van der Waals surface area contributed by atoms with Crippen molar-refractivity contribution < 1.29 is 19.6 Å². The topological polar surface area (TPSA) is 118 Å². The maximum Gasteiger partial charge on any atom is 4.00 e. The van der Waals surface area contributed by atoms with E-state index in [9.17, 15) is 19.6 Å². The van der Waals surface area contributed by atoms with Crippen LogP contribution in [0.5, 0.6) is 0 Å². The Morgan fingerprint density at radius 3 is 0.246 bits per heavy atom. The quantitative estimate of drug-likeness (QED) is 0.0676. The average molecular weight is 1200 g/mol. The van der Waals surface area contributed by atoms with Crippen molar-refractivity contribution in [2.45, 2.75) is 318 Å². The predicted octanol–water partition coefficient (Wildman–Crippen LogP) is 10.9. The molecule has 0 aromatic heterocycles. The Morgan fingerprint density at radius 1 is 0.169 bits per heavy atom. The molecule has 0 unspecified atom stereocenters. The molecule has 392 valence electrons. The first-order valence-electron chi connectivity index (χ1n) is 24.9. The van der Waals surface area contributed by atoms with Crippen molar-refractivity contribution in [3.05, 3.63) is 0 Å². The van der Waals surface area contributed by atoms with Gasteiger partial charge in [-0.15, -0.1) is 0 Å². The summed E-state index contributed by atoms with van der Waals surface area (Å²) in [6.07, 6.45) is 0. The second-order valence-electron chi connectivity index (χ2n) is 21.6. The maximum atomic E-state index is 12.6. The molecule has 0 N–H and O–H groups in total. The molecule has 0 spiro atoms. The number of nitrogens with zero attached hydrogens (tertiary/aromatic N) is 8. The predicted molar refractivity (Wildman–Crippen MR) is 290 cm³/mol. The minimum Gasteiger partial charge on any atom is -0.806 e. The van der Waals surface area contributed by atoms with E-state index in [1.807, 2.05) is 0 Å². The van der Waals surface area contributed by atoms with Crippen LogP contribution in [0.2, 0.25) is 0 Å². The molecule has 0 aliphatic heterocycles. The van der Waals surface area contributed by atoms with E-state index in [1.54, 1.807) is 0 Å². The smallest absolute Gasteiger partial charge is 0.806 e. The van der Waals surface area contributed by atoms with E-state index in [1.165, 1.54) is 0 Å². The van der Waals surface area contributed by atoms with E-state index in [0.717, 1.165) is 0 Å². The Bertz CT molecular complexity index is 813. The van der Waals surface area contributed by atoms with Gasteiger partial charge in [0, 0.05) is 96.7 Å². The van der Waals surface area contributed by atoms with Gasteiger partial charge in [0.25, 0.3) is 0 Å². The Labute approximate surface area is 433 Å². The molecule has 0 amide bonds. The average Bonchev–Trinajstić information content (AvgIpc) is 3.02. The van der Waals surface area contributed by atoms with Crippen LogP contribution < -0.4 is 19.6 Å². The Kier molecular flexibility index (Phi) is 44.3. The van der Waals surface area contributed by atoms with Crippen molar-refractivity contribution in [2.75, 3.05) is 0 Å². The number of hydrogen-bond donors (Lipinski definition) is 0. The zero-order valence-electron chi connectivity index (χ0n) is 48.7. The van der Waals surface area contributed by atoms with Crippen molar-refractivity contribution in [2.24, 2.45) is 0 Å². The summed E-state index contributed by atoms with van der Waals surface area (Å²) in [5.41, 5.74) is 0. The molecule has 0 saturated heterocycles. The second-order valence-corrected chi connectivity index (χ2v) is 27.3. The Morgan fingerprint density at radius 2 is 0.215 bits per heavy atom. The Hall–Kier alpha value is 2.16. The molecule has 0 fully saturated rings. The van der Waals surface area contributed by atoms with Crippen LogP contribution in [0.1, 0.15) is 222 Å². The number of hydrogen-bond acceptors (Lipinski definition) is 12. The third kappa shape index (κ3) is 28.3. The Balaban J connectivity index is -0.000000245. The van der Waals surface area contributed by atoms with E-state index in [4.69, 9.17) is 0 Å². The fourth-order valence-electron chi connectivity index (χ4n) is 8.41. The van der Waals surface area contributed by atoms with Gasteiger partial charge >= 0.3 is 27.3 Å². The summed E-state index contributed by atoms with van der Waals surface area (Å²) in [6.45, 7) is 67.3. The minimum atomic E-state index is -1.45. The van der Waals surface area contributed by atoms with Gasteiger partial charge in [-0.05, 0) is 222 Å². The molecule has 0 radical (unpaired) electrons. The molecular formula is C48H112N8O4P4Pb. The molecule has 0 rings (SSSR count). The van der Waals surface area contributed by atoms with E-state index in [0.29, 0.717) is 96.7 Å². The molecule has 0 bridgehead atoms. The van der Waals surface area contributed by atoms with Gasteiger partial charge in [-0.2, -0.15) is 0 Å². The molecule has 0 aromatic rings. The van der Waals surface area contributed by atoms with Crippen LogP contribution >= 0.6 is 33.8 Å². The molecular weight excluding hydrogens is 1080 g/mol. The second kappa shape index (κ2) is 37.8. The van der Waals surface area contributed by atoms with Crippen LogP contribution in [-0.2, 0) is 0 Å². The summed E-state index contributed by atoms with van der Waals surface area (Å²) in [7, 11) is -5.79. The van der Waals surface area contributed by atoms with Crippen molar-refractivity contribution in [3.63, 3.8) is 0 Å².